The molecule has 0 amide bonds. The summed E-state index contributed by atoms with van der Waals surface area (Å²) in [5.74, 6) is 6.53. The summed E-state index contributed by atoms with van der Waals surface area (Å²) in [5, 5.41) is 2.15. The van der Waals surface area contributed by atoms with E-state index in [0.717, 1.165) is 12.3 Å². The van der Waals surface area contributed by atoms with Crippen LogP contribution in [0.1, 0.15) is 49.8 Å². The molecular weight excluding hydrogens is 228 g/mol. The highest BCUT2D eigenvalue weighted by molar-refractivity contribution is 7.09. The first-order valence-corrected chi connectivity index (χ1v) is 7.76. The smallest absolute Gasteiger partial charge is 0.0286 e. The first kappa shape index (κ1) is 13.1. The van der Waals surface area contributed by atoms with Crippen LogP contribution in [-0.2, 0) is 6.42 Å². The lowest BCUT2D eigenvalue weighted by Gasteiger charge is -2.28. The molecule has 1 unspecified atom stereocenters. The maximum atomic E-state index is 5.76. The fraction of sp³-hybridized carbons (Fsp3) is 0.714. The molecule has 0 aliphatic heterocycles. The van der Waals surface area contributed by atoms with Gasteiger partial charge in [0, 0.05) is 10.9 Å². The Morgan fingerprint density at radius 3 is 2.53 bits per heavy atom. The predicted molar refractivity (Wildman–Crippen MR) is 74.9 cm³/mol. The zero-order valence-electron chi connectivity index (χ0n) is 10.5. The Labute approximate surface area is 109 Å². The maximum absolute atomic E-state index is 5.76. The molecule has 3 heteroatoms. The summed E-state index contributed by atoms with van der Waals surface area (Å²) in [6.07, 6.45) is 10.8. The molecule has 2 rings (SSSR count). The number of rotatable bonds is 4. The van der Waals surface area contributed by atoms with Gasteiger partial charge < -0.3 is 0 Å². The van der Waals surface area contributed by atoms with Crippen molar-refractivity contribution in [3.05, 3.63) is 22.4 Å². The fourth-order valence-corrected chi connectivity index (χ4v) is 3.66. The standard InChI is InChI=1S/C14H24N2S/c15-16-14(11-13-9-6-10-17-13)12-7-4-2-1-3-5-8-12/h6,9-10,12,14,16H,1-5,7-8,11,15H2. The summed E-state index contributed by atoms with van der Waals surface area (Å²) in [6.45, 7) is 0. The molecule has 0 spiro atoms. The first-order valence-electron chi connectivity index (χ1n) is 6.88. The zero-order valence-corrected chi connectivity index (χ0v) is 11.3. The largest absolute Gasteiger partial charge is 0.271 e. The van der Waals surface area contributed by atoms with Gasteiger partial charge >= 0.3 is 0 Å². The van der Waals surface area contributed by atoms with Crippen LogP contribution < -0.4 is 11.3 Å². The van der Waals surface area contributed by atoms with E-state index in [-0.39, 0.29) is 0 Å². The number of nitrogens with two attached hydrogens (primary N) is 1. The minimum Gasteiger partial charge on any atom is -0.271 e. The molecule has 1 aliphatic carbocycles. The second-order valence-corrected chi connectivity index (χ2v) is 6.19. The third-order valence-corrected chi connectivity index (χ3v) is 4.83. The Hall–Kier alpha value is -0.380. The molecule has 1 aliphatic rings. The van der Waals surface area contributed by atoms with Crippen molar-refractivity contribution in [3.8, 4) is 0 Å². The van der Waals surface area contributed by atoms with Crippen LogP contribution in [0.2, 0.25) is 0 Å². The molecule has 0 radical (unpaired) electrons. The van der Waals surface area contributed by atoms with E-state index in [4.69, 9.17) is 5.84 Å². The van der Waals surface area contributed by atoms with Crippen LogP contribution in [0.4, 0.5) is 0 Å². The minimum absolute atomic E-state index is 0.465. The van der Waals surface area contributed by atoms with E-state index in [1.807, 2.05) is 11.3 Å². The summed E-state index contributed by atoms with van der Waals surface area (Å²) in [6, 6.07) is 4.82. The Morgan fingerprint density at radius 1 is 1.24 bits per heavy atom. The zero-order chi connectivity index (χ0) is 11.9. The lowest BCUT2D eigenvalue weighted by atomic mass is 9.84. The highest BCUT2D eigenvalue weighted by Gasteiger charge is 2.21. The molecule has 96 valence electrons. The minimum atomic E-state index is 0.465. The molecule has 1 aromatic rings. The van der Waals surface area contributed by atoms with E-state index in [1.54, 1.807) is 0 Å². The summed E-state index contributed by atoms with van der Waals surface area (Å²) in [7, 11) is 0. The molecular formula is C14H24N2S. The van der Waals surface area contributed by atoms with Crippen molar-refractivity contribution < 1.29 is 0 Å². The van der Waals surface area contributed by atoms with Crippen molar-refractivity contribution in [1.29, 1.82) is 0 Å². The van der Waals surface area contributed by atoms with Crippen LogP contribution >= 0.6 is 11.3 Å². The summed E-state index contributed by atoms with van der Waals surface area (Å²) < 4.78 is 0. The molecule has 1 heterocycles. The van der Waals surface area contributed by atoms with Crippen molar-refractivity contribution in [3.63, 3.8) is 0 Å². The van der Waals surface area contributed by atoms with E-state index >= 15 is 0 Å². The van der Waals surface area contributed by atoms with Gasteiger partial charge in [-0.05, 0) is 36.6 Å². The van der Waals surface area contributed by atoms with Gasteiger partial charge in [-0.25, -0.2) is 0 Å². The van der Waals surface area contributed by atoms with Gasteiger partial charge in [-0.1, -0.05) is 38.2 Å². The van der Waals surface area contributed by atoms with Crippen molar-refractivity contribution in [2.24, 2.45) is 11.8 Å². The monoisotopic (exact) mass is 252 g/mol. The Bertz CT molecular complexity index is 289. The maximum Gasteiger partial charge on any atom is 0.0286 e. The number of hydrazine groups is 1. The average molecular weight is 252 g/mol. The van der Waals surface area contributed by atoms with E-state index in [1.165, 1.54) is 49.8 Å². The Kier molecular flexibility index (Phi) is 5.49. The number of thiophene rings is 1. The lowest BCUT2D eigenvalue weighted by Crippen LogP contribution is -2.42. The summed E-state index contributed by atoms with van der Waals surface area (Å²) >= 11 is 1.84. The number of hydrogen-bond donors (Lipinski definition) is 2. The summed E-state index contributed by atoms with van der Waals surface area (Å²) in [5.41, 5.74) is 3.06. The second-order valence-electron chi connectivity index (χ2n) is 5.16. The van der Waals surface area contributed by atoms with Gasteiger partial charge in [0.2, 0.25) is 0 Å². The van der Waals surface area contributed by atoms with Gasteiger partial charge in [0.25, 0.3) is 0 Å². The number of hydrogen-bond acceptors (Lipinski definition) is 3. The molecule has 1 atom stereocenters. The lowest BCUT2D eigenvalue weighted by molar-refractivity contribution is 0.286. The molecule has 0 saturated heterocycles. The van der Waals surface area contributed by atoms with Crippen LogP contribution in [0.25, 0.3) is 0 Å². The highest BCUT2D eigenvalue weighted by Crippen LogP contribution is 2.27. The van der Waals surface area contributed by atoms with Crippen molar-refractivity contribution in [2.45, 2.75) is 57.4 Å². The van der Waals surface area contributed by atoms with Gasteiger partial charge in [-0.15, -0.1) is 11.3 Å². The molecule has 17 heavy (non-hydrogen) atoms. The average Bonchev–Trinajstić information content (AvgIpc) is 2.79. The second kappa shape index (κ2) is 7.14. The highest BCUT2D eigenvalue weighted by atomic mass is 32.1. The molecule has 3 N–H and O–H groups in total. The van der Waals surface area contributed by atoms with E-state index in [0.29, 0.717) is 6.04 Å². The quantitative estimate of drug-likeness (QED) is 0.636. The Balaban J connectivity index is 1.90. The van der Waals surface area contributed by atoms with E-state index in [9.17, 15) is 0 Å². The number of nitrogens with one attached hydrogen (secondary N) is 1. The van der Waals surface area contributed by atoms with Gasteiger partial charge in [0.15, 0.2) is 0 Å². The van der Waals surface area contributed by atoms with E-state index in [2.05, 4.69) is 22.9 Å². The van der Waals surface area contributed by atoms with Crippen LogP contribution in [0, 0.1) is 5.92 Å². The van der Waals surface area contributed by atoms with Crippen molar-refractivity contribution >= 4 is 11.3 Å². The molecule has 1 fully saturated rings. The van der Waals surface area contributed by atoms with Crippen LogP contribution in [0.5, 0.6) is 0 Å². The van der Waals surface area contributed by atoms with Gasteiger partial charge in [0.05, 0.1) is 0 Å². The molecule has 0 bridgehead atoms. The van der Waals surface area contributed by atoms with Gasteiger partial charge in [-0.2, -0.15) is 0 Å². The van der Waals surface area contributed by atoms with Crippen molar-refractivity contribution in [1.82, 2.24) is 5.43 Å². The Morgan fingerprint density at radius 2 is 1.94 bits per heavy atom. The van der Waals surface area contributed by atoms with Crippen LogP contribution in [0.3, 0.4) is 0 Å². The van der Waals surface area contributed by atoms with Crippen LogP contribution in [-0.4, -0.2) is 6.04 Å². The third kappa shape index (κ3) is 4.09. The van der Waals surface area contributed by atoms with Gasteiger partial charge in [0.1, 0.15) is 0 Å². The van der Waals surface area contributed by atoms with Crippen LogP contribution in [0.15, 0.2) is 17.5 Å². The summed E-state index contributed by atoms with van der Waals surface area (Å²) in [4.78, 5) is 1.45. The van der Waals surface area contributed by atoms with E-state index < -0.39 is 0 Å². The SMILES string of the molecule is NNC(Cc1cccs1)C1CCCCCCC1. The molecule has 1 saturated carbocycles. The topological polar surface area (TPSA) is 38.0 Å². The fourth-order valence-electron chi connectivity index (χ4n) is 2.90. The van der Waals surface area contributed by atoms with Crippen molar-refractivity contribution in [2.75, 3.05) is 0 Å². The molecule has 2 nitrogen and oxygen atoms in total. The molecule has 1 aromatic heterocycles. The molecule has 0 aromatic carbocycles. The van der Waals surface area contributed by atoms with Gasteiger partial charge in [-0.3, -0.25) is 11.3 Å². The third-order valence-electron chi connectivity index (χ3n) is 3.93. The first-order chi connectivity index (χ1) is 8.40. The normalized spacial score (nSPS) is 20.8. The predicted octanol–water partition coefficient (Wildman–Crippen LogP) is 3.48.